The highest BCUT2D eigenvalue weighted by Gasteiger charge is 2.17. The number of nitrogens with two attached hydrogens (primary N) is 1. The lowest BCUT2D eigenvalue weighted by Gasteiger charge is -2.15. The maximum atomic E-state index is 12.2. The van der Waals surface area contributed by atoms with Gasteiger partial charge in [-0.05, 0) is 12.8 Å². The molecule has 1 atom stereocenters. The van der Waals surface area contributed by atoms with E-state index in [0.29, 0.717) is 12.8 Å². The van der Waals surface area contributed by atoms with Gasteiger partial charge in [0.1, 0.15) is 6.04 Å². The third kappa shape index (κ3) is 22.1. The van der Waals surface area contributed by atoms with Crippen LogP contribution in [0.5, 0.6) is 0 Å². The number of unbranched alkanes of at least 4 members (excludes halogenated alkanes) is 19. The van der Waals surface area contributed by atoms with Gasteiger partial charge in [0.05, 0.1) is 0 Å². The topological polar surface area (TPSA) is 72.2 Å². The Kier molecular flexibility index (Phi) is 23.8. The van der Waals surface area contributed by atoms with Crippen LogP contribution >= 0.6 is 0 Å². The molecule has 0 bridgehead atoms. The number of hydrogen-bond acceptors (Lipinski definition) is 2. The van der Waals surface area contributed by atoms with Crippen molar-refractivity contribution in [2.75, 3.05) is 0 Å². The summed E-state index contributed by atoms with van der Waals surface area (Å²) in [6.45, 7) is 4.51. The van der Waals surface area contributed by atoms with Gasteiger partial charge in [-0.25, -0.2) is 0 Å². The van der Waals surface area contributed by atoms with Crippen LogP contribution in [0.15, 0.2) is 0 Å². The highest BCUT2D eigenvalue weighted by Crippen LogP contribution is 2.13. The number of nitrogens with one attached hydrogen (secondary N) is 1. The molecule has 0 fully saturated rings. The van der Waals surface area contributed by atoms with E-state index in [2.05, 4.69) is 19.2 Å². The van der Waals surface area contributed by atoms with Gasteiger partial charge < -0.3 is 11.1 Å². The zero-order valence-corrected chi connectivity index (χ0v) is 21.7. The van der Waals surface area contributed by atoms with Crippen LogP contribution in [0.1, 0.15) is 162 Å². The van der Waals surface area contributed by atoms with E-state index < -0.39 is 11.9 Å². The van der Waals surface area contributed by atoms with Crippen molar-refractivity contribution in [2.24, 2.45) is 5.73 Å². The largest absolute Gasteiger partial charge is 0.368 e. The van der Waals surface area contributed by atoms with Crippen molar-refractivity contribution < 1.29 is 9.59 Å². The molecule has 0 aromatic carbocycles. The number of amides is 2. The summed E-state index contributed by atoms with van der Waals surface area (Å²) in [4.78, 5) is 23.9. The van der Waals surface area contributed by atoms with Gasteiger partial charge in [-0.3, -0.25) is 9.59 Å². The van der Waals surface area contributed by atoms with Gasteiger partial charge in [0, 0.05) is 6.42 Å². The Morgan fingerprint density at radius 2 is 0.906 bits per heavy atom. The second-order valence-electron chi connectivity index (χ2n) is 9.78. The van der Waals surface area contributed by atoms with E-state index in [4.69, 9.17) is 5.73 Å². The number of carbonyl (C=O) groups is 2. The van der Waals surface area contributed by atoms with E-state index in [9.17, 15) is 9.59 Å². The monoisotopic (exact) mass is 452 g/mol. The van der Waals surface area contributed by atoms with Gasteiger partial charge in [0.15, 0.2) is 0 Å². The van der Waals surface area contributed by atoms with Crippen molar-refractivity contribution in [1.29, 1.82) is 0 Å². The molecular formula is C28H56N2O2. The SMILES string of the molecule is CCCCCCCCCCCCCC(=O)NC(CCCCCCCCCCCC)C(N)=O. The molecule has 0 aliphatic heterocycles. The van der Waals surface area contributed by atoms with Crippen LogP contribution in [0.4, 0.5) is 0 Å². The van der Waals surface area contributed by atoms with E-state index in [1.807, 2.05) is 0 Å². The second kappa shape index (κ2) is 24.6. The normalized spacial score (nSPS) is 12.1. The Bertz CT molecular complexity index is 426. The molecule has 4 nitrogen and oxygen atoms in total. The summed E-state index contributed by atoms with van der Waals surface area (Å²) in [5.74, 6) is -0.412. The van der Waals surface area contributed by atoms with E-state index in [1.54, 1.807) is 0 Å². The van der Waals surface area contributed by atoms with E-state index in [-0.39, 0.29) is 5.91 Å². The number of hydrogen-bond donors (Lipinski definition) is 2. The highest BCUT2D eigenvalue weighted by molar-refractivity contribution is 5.86. The third-order valence-electron chi connectivity index (χ3n) is 6.53. The lowest BCUT2D eigenvalue weighted by molar-refractivity contribution is -0.127. The Labute approximate surface area is 200 Å². The average Bonchev–Trinajstić information content (AvgIpc) is 2.77. The Morgan fingerprint density at radius 1 is 0.562 bits per heavy atom. The van der Waals surface area contributed by atoms with Gasteiger partial charge in [-0.1, -0.05) is 142 Å². The molecular weight excluding hydrogens is 396 g/mol. The summed E-state index contributed by atoms with van der Waals surface area (Å²) in [5, 5.41) is 2.87. The van der Waals surface area contributed by atoms with Gasteiger partial charge in [-0.15, -0.1) is 0 Å². The average molecular weight is 453 g/mol. The first kappa shape index (κ1) is 30.9. The smallest absolute Gasteiger partial charge is 0.239 e. The lowest BCUT2D eigenvalue weighted by atomic mass is 10.0. The molecule has 190 valence electrons. The fourth-order valence-corrected chi connectivity index (χ4v) is 4.34. The molecule has 3 N–H and O–H groups in total. The molecule has 0 aromatic rings. The Balaban J connectivity index is 3.60. The predicted molar refractivity (Wildman–Crippen MR) is 139 cm³/mol. The quantitative estimate of drug-likeness (QED) is 0.138. The molecule has 0 aliphatic rings. The molecule has 0 aromatic heterocycles. The summed E-state index contributed by atoms with van der Waals surface area (Å²) in [6, 6.07) is -0.496. The van der Waals surface area contributed by atoms with Crippen molar-refractivity contribution in [3.8, 4) is 0 Å². The second-order valence-corrected chi connectivity index (χ2v) is 9.78. The molecule has 0 rings (SSSR count). The Hall–Kier alpha value is -1.06. The summed E-state index contributed by atoms with van der Waals surface area (Å²) >= 11 is 0. The van der Waals surface area contributed by atoms with Gasteiger partial charge in [0.2, 0.25) is 11.8 Å². The first-order valence-electron chi connectivity index (χ1n) is 14.2. The van der Waals surface area contributed by atoms with E-state index in [1.165, 1.54) is 109 Å². The van der Waals surface area contributed by atoms with Crippen molar-refractivity contribution in [3.63, 3.8) is 0 Å². The van der Waals surface area contributed by atoms with E-state index in [0.717, 1.165) is 25.7 Å². The molecule has 2 amide bonds. The fraction of sp³-hybridized carbons (Fsp3) is 0.929. The summed E-state index contributed by atoms with van der Waals surface area (Å²) < 4.78 is 0. The maximum Gasteiger partial charge on any atom is 0.239 e. The summed E-state index contributed by atoms with van der Waals surface area (Å²) in [5.41, 5.74) is 5.51. The molecule has 4 heteroatoms. The Morgan fingerprint density at radius 3 is 1.28 bits per heavy atom. The zero-order valence-electron chi connectivity index (χ0n) is 21.7. The minimum Gasteiger partial charge on any atom is -0.368 e. The maximum absolute atomic E-state index is 12.2. The molecule has 0 aliphatic carbocycles. The predicted octanol–water partition coefficient (Wildman–Crippen LogP) is 7.97. The molecule has 1 unspecified atom stereocenters. The third-order valence-corrected chi connectivity index (χ3v) is 6.53. The van der Waals surface area contributed by atoms with Crippen LogP contribution in [-0.2, 0) is 9.59 Å². The van der Waals surface area contributed by atoms with Crippen LogP contribution in [0, 0.1) is 0 Å². The van der Waals surface area contributed by atoms with Crippen LogP contribution in [-0.4, -0.2) is 17.9 Å². The highest BCUT2D eigenvalue weighted by atomic mass is 16.2. The summed E-state index contributed by atoms with van der Waals surface area (Å²) in [6.07, 6.45) is 27.8. The zero-order chi connectivity index (χ0) is 23.7. The first-order chi connectivity index (χ1) is 15.6. The minimum absolute atomic E-state index is 0.0168. The van der Waals surface area contributed by atoms with Crippen LogP contribution in [0.2, 0.25) is 0 Å². The van der Waals surface area contributed by atoms with E-state index >= 15 is 0 Å². The van der Waals surface area contributed by atoms with Crippen molar-refractivity contribution in [1.82, 2.24) is 5.32 Å². The number of primary amides is 1. The molecule has 0 radical (unpaired) electrons. The van der Waals surface area contributed by atoms with Gasteiger partial charge in [0.25, 0.3) is 0 Å². The number of rotatable bonds is 25. The fourth-order valence-electron chi connectivity index (χ4n) is 4.34. The molecule has 32 heavy (non-hydrogen) atoms. The van der Waals surface area contributed by atoms with Crippen molar-refractivity contribution >= 4 is 11.8 Å². The first-order valence-corrected chi connectivity index (χ1v) is 14.2. The van der Waals surface area contributed by atoms with Crippen molar-refractivity contribution in [3.05, 3.63) is 0 Å². The van der Waals surface area contributed by atoms with Crippen molar-refractivity contribution in [2.45, 2.75) is 168 Å². The molecule has 0 saturated carbocycles. The summed E-state index contributed by atoms with van der Waals surface area (Å²) in [7, 11) is 0. The molecule has 0 saturated heterocycles. The standard InChI is InChI=1S/C28H56N2O2/c1-3-5-7-9-11-13-15-17-19-21-23-25-27(31)30-26(28(29)32)24-22-20-18-16-14-12-10-8-6-4-2/h26H,3-25H2,1-2H3,(H2,29,32)(H,30,31). The molecule has 0 heterocycles. The molecule has 0 spiro atoms. The van der Waals surface area contributed by atoms with Crippen LogP contribution in [0.3, 0.4) is 0 Å². The number of carbonyl (C=O) groups excluding carboxylic acids is 2. The van der Waals surface area contributed by atoms with Crippen LogP contribution < -0.4 is 11.1 Å². The lowest BCUT2D eigenvalue weighted by Crippen LogP contribution is -2.44. The van der Waals surface area contributed by atoms with Crippen LogP contribution in [0.25, 0.3) is 0 Å². The minimum atomic E-state index is -0.496. The van der Waals surface area contributed by atoms with Gasteiger partial charge >= 0.3 is 0 Å². The van der Waals surface area contributed by atoms with Gasteiger partial charge in [-0.2, -0.15) is 0 Å².